The van der Waals surface area contributed by atoms with Crippen LogP contribution in [0.4, 0.5) is 5.69 Å². The van der Waals surface area contributed by atoms with Crippen molar-refractivity contribution >= 4 is 32.4 Å². The fraction of sp³-hybridized carbons (Fsp3) is 0.143. The van der Waals surface area contributed by atoms with Crippen LogP contribution in [0.3, 0.4) is 0 Å². The fourth-order valence-electron chi connectivity index (χ4n) is 3.16. The first kappa shape index (κ1) is 18.9. The lowest BCUT2D eigenvalue weighted by molar-refractivity contribution is 0.0998. The minimum Gasteiger partial charge on any atom is -0.451 e. The van der Waals surface area contributed by atoms with Crippen LogP contribution in [0.2, 0.25) is 0 Å². The third-order valence-corrected chi connectivity index (χ3v) is 5.20. The number of amides is 1. The van der Waals surface area contributed by atoms with E-state index in [1.54, 1.807) is 41.3 Å². The second kappa shape index (κ2) is 7.56. The Morgan fingerprint density at radius 3 is 2.59 bits per heavy atom. The van der Waals surface area contributed by atoms with E-state index in [0.717, 1.165) is 11.8 Å². The molecule has 1 amide bonds. The zero-order valence-electron chi connectivity index (χ0n) is 15.7. The van der Waals surface area contributed by atoms with Gasteiger partial charge in [-0.25, -0.2) is 8.42 Å². The van der Waals surface area contributed by atoms with E-state index in [1.165, 1.54) is 0 Å². The van der Waals surface area contributed by atoms with Gasteiger partial charge in [0.15, 0.2) is 15.6 Å². The van der Waals surface area contributed by atoms with Gasteiger partial charge in [0.2, 0.25) is 0 Å². The van der Waals surface area contributed by atoms with Gasteiger partial charge < -0.3 is 9.73 Å². The number of benzene rings is 2. The molecule has 29 heavy (non-hydrogen) atoms. The number of fused-ring (bicyclic) bond motifs is 1. The highest BCUT2D eigenvalue weighted by molar-refractivity contribution is 7.89. The smallest absolute Gasteiger partial charge is 0.291 e. The van der Waals surface area contributed by atoms with Gasteiger partial charge in [-0.3, -0.25) is 9.48 Å². The number of carbonyl (C=O) groups excluding carboxylic acids is 1. The molecule has 148 valence electrons. The number of hydrogen-bond acceptors (Lipinski definition) is 5. The summed E-state index contributed by atoms with van der Waals surface area (Å²) in [6.45, 7) is 0.570. The Balaban J connectivity index is 1.59. The number of sulfone groups is 1. The number of carbonyl (C=O) groups is 1. The van der Waals surface area contributed by atoms with Crippen LogP contribution >= 0.6 is 0 Å². The van der Waals surface area contributed by atoms with E-state index >= 15 is 0 Å². The van der Waals surface area contributed by atoms with E-state index in [2.05, 4.69) is 10.4 Å². The van der Waals surface area contributed by atoms with Crippen molar-refractivity contribution in [1.82, 2.24) is 9.78 Å². The first-order chi connectivity index (χ1) is 13.9. The Morgan fingerprint density at radius 2 is 1.83 bits per heavy atom. The molecule has 2 heterocycles. The molecule has 0 bridgehead atoms. The third kappa shape index (κ3) is 4.38. The molecule has 0 saturated carbocycles. The number of para-hydroxylation sites is 1. The van der Waals surface area contributed by atoms with Gasteiger partial charge in [-0.05, 0) is 11.6 Å². The van der Waals surface area contributed by atoms with Crippen LogP contribution in [-0.4, -0.2) is 30.4 Å². The number of nitrogens with one attached hydrogen (secondary N) is 1. The van der Waals surface area contributed by atoms with Crippen LogP contribution in [0.25, 0.3) is 11.0 Å². The van der Waals surface area contributed by atoms with Crippen molar-refractivity contribution in [2.75, 3.05) is 11.6 Å². The highest BCUT2D eigenvalue weighted by Crippen LogP contribution is 2.28. The molecule has 0 spiro atoms. The maximum Gasteiger partial charge on any atom is 0.291 e. The molecule has 0 aliphatic heterocycles. The molecule has 0 aliphatic carbocycles. The second-order valence-corrected chi connectivity index (χ2v) is 8.98. The molecule has 1 N–H and O–H groups in total. The molecule has 0 fully saturated rings. The van der Waals surface area contributed by atoms with E-state index in [-0.39, 0.29) is 11.5 Å². The number of furan rings is 1. The van der Waals surface area contributed by atoms with Crippen LogP contribution in [0.15, 0.2) is 71.4 Å². The van der Waals surface area contributed by atoms with Crippen molar-refractivity contribution < 1.29 is 17.6 Å². The van der Waals surface area contributed by atoms with Crippen molar-refractivity contribution in [3.05, 3.63) is 83.9 Å². The molecule has 4 aromatic rings. The Hall–Kier alpha value is -3.39. The quantitative estimate of drug-likeness (QED) is 0.526. The molecule has 7 nitrogen and oxygen atoms in total. The topological polar surface area (TPSA) is 94.2 Å². The lowest BCUT2D eigenvalue weighted by atomic mass is 10.1. The van der Waals surface area contributed by atoms with Gasteiger partial charge in [-0.1, -0.05) is 48.5 Å². The lowest BCUT2D eigenvalue weighted by Crippen LogP contribution is -2.14. The van der Waals surface area contributed by atoms with E-state index in [9.17, 15) is 13.2 Å². The van der Waals surface area contributed by atoms with Crippen molar-refractivity contribution in [2.24, 2.45) is 0 Å². The zero-order chi connectivity index (χ0) is 20.4. The first-order valence-electron chi connectivity index (χ1n) is 8.95. The largest absolute Gasteiger partial charge is 0.451 e. The number of anilines is 1. The number of aromatic nitrogens is 2. The first-order valence-corrected chi connectivity index (χ1v) is 11.0. The molecule has 8 heteroatoms. The van der Waals surface area contributed by atoms with E-state index in [1.807, 2.05) is 30.3 Å². The van der Waals surface area contributed by atoms with Gasteiger partial charge in [-0.2, -0.15) is 5.10 Å². The Morgan fingerprint density at radius 1 is 1.10 bits per heavy atom. The standard InChI is InChI=1S/C21H19N3O4S/c1-29(26,27)14-18-17-9-5-6-10-19(17)28-20(18)21(25)23-16-11-22-24(13-16)12-15-7-3-2-4-8-15/h2-11,13H,12,14H2,1H3,(H,23,25). The molecule has 0 aliphatic rings. The Bertz CT molecular complexity index is 1270. The minimum atomic E-state index is -3.35. The van der Waals surface area contributed by atoms with Crippen molar-refractivity contribution in [3.8, 4) is 0 Å². The summed E-state index contributed by atoms with van der Waals surface area (Å²) in [5.74, 6) is -0.799. The van der Waals surface area contributed by atoms with Crippen LogP contribution in [-0.2, 0) is 22.1 Å². The highest BCUT2D eigenvalue weighted by Gasteiger charge is 2.23. The summed E-state index contributed by atoms with van der Waals surface area (Å²) in [4.78, 5) is 12.8. The summed E-state index contributed by atoms with van der Waals surface area (Å²) in [7, 11) is -3.35. The summed E-state index contributed by atoms with van der Waals surface area (Å²) in [5.41, 5.74) is 2.41. The predicted octanol–water partition coefficient (Wildman–Crippen LogP) is 3.47. The molecular formula is C21H19N3O4S. The van der Waals surface area contributed by atoms with Gasteiger partial charge in [-0.15, -0.1) is 0 Å². The number of rotatable bonds is 6. The van der Waals surface area contributed by atoms with Gasteiger partial charge in [0.25, 0.3) is 5.91 Å². The zero-order valence-corrected chi connectivity index (χ0v) is 16.5. The van der Waals surface area contributed by atoms with Crippen molar-refractivity contribution in [1.29, 1.82) is 0 Å². The molecule has 0 unspecified atom stereocenters. The maximum atomic E-state index is 12.8. The molecule has 2 aromatic carbocycles. The van der Waals surface area contributed by atoms with Crippen molar-refractivity contribution in [2.45, 2.75) is 12.3 Å². The number of hydrogen-bond donors (Lipinski definition) is 1. The van der Waals surface area contributed by atoms with Crippen LogP contribution in [0, 0.1) is 0 Å². The lowest BCUT2D eigenvalue weighted by Gasteiger charge is -2.03. The normalized spacial score (nSPS) is 11.6. The second-order valence-electron chi connectivity index (χ2n) is 6.84. The van der Waals surface area contributed by atoms with E-state index in [4.69, 9.17) is 4.42 Å². The third-order valence-electron chi connectivity index (χ3n) is 4.39. The van der Waals surface area contributed by atoms with Gasteiger partial charge >= 0.3 is 0 Å². The molecule has 4 rings (SSSR count). The fourth-order valence-corrected chi connectivity index (χ4v) is 3.97. The summed E-state index contributed by atoms with van der Waals surface area (Å²) < 4.78 is 31.1. The molecule has 0 radical (unpaired) electrons. The molecular weight excluding hydrogens is 390 g/mol. The summed E-state index contributed by atoms with van der Waals surface area (Å²) in [5, 5.41) is 7.61. The summed E-state index contributed by atoms with van der Waals surface area (Å²) in [6.07, 6.45) is 4.38. The van der Waals surface area contributed by atoms with Crippen LogP contribution in [0.1, 0.15) is 21.7 Å². The Kier molecular flexibility index (Phi) is 4.94. The average Bonchev–Trinajstić information content (AvgIpc) is 3.26. The van der Waals surface area contributed by atoms with Gasteiger partial charge in [0.05, 0.1) is 24.2 Å². The number of nitrogens with zero attached hydrogens (tertiary/aromatic N) is 2. The molecule has 0 atom stereocenters. The van der Waals surface area contributed by atoms with Crippen molar-refractivity contribution in [3.63, 3.8) is 0 Å². The average molecular weight is 409 g/mol. The van der Waals surface area contributed by atoms with Crippen LogP contribution < -0.4 is 5.32 Å². The summed E-state index contributed by atoms with van der Waals surface area (Å²) >= 11 is 0. The summed E-state index contributed by atoms with van der Waals surface area (Å²) in [6, 6.07) is 16.8. The van der Waals surface area contributed by atoms with E-state index in [0.29, 0.717) is 28.8 Å². The predicted molar refractivity (Wildman–Crippen MR) is 110 cm³/mol. The monoisotopic (exact) mass is 409 g/mol. The van der Waals surface area contributed by atoms with Gasteiger partial charge in [0.1, 0.15) is 5.58 Å². The highest BCUT2D eigenvalue weighted by atomic mass is 32.2. The Labute approximate surface area is 167 Å². The van der Waals surface area contributed by atoms with Crippen LogP contribution in [0.5, 0.6) is 0 Å². The molecule has 0 saturated heterocycles. The van der Waals surface area contributed by atoms with E-state index < -0.39 is 15.7 Å². The molecule has 2 aromatic heterocycles. The SMILES string of the molecule is CS(=O)(=O)Cc1c(C(=O)Nc2cnn(Cc3ccccc3)c2)oc2ccccc12. The minimum absolute atomic E-state index is 0.00701. The van der Waals surface area contributed by atoms with Gasteiger partial charge in [0, 0.05) is 23.4 Å². The maximum absolute atomic E-state index is 12.8.